The van der Waals surface area contributed by atoms with Gasteiger partial charge in [0, 0.05) is 0 Å². The highest BCUT2D eigenvalue weighted by Gasteiger charge is 2.35. The minimum Gasteiger partial charge on any atom is -0.506 e. The lowest BCUT2D eigenvalue weighted by Crippen LogP contribution is -2.29. The normalized spacial score (nSPS) is 15.8. The lowest BCUT2D eigenvalue weighted by Gasteiger charge is -2.17. The molecule has 0 atom stereocenters. The SMILES string of the molecule is O=C1CN(c2ccc(Cc3ccccc3C(=O)O)cc2O)S(=O)(=O)N1. The number of rotatable bonds is 4. The number of hydrogen-bond donors (Lipinski definition) is 3. The Labute approximate surface area is 143 Å². The highest BCUT2D eigenvalue weighted by Crippen LogP contribution is 2.32. The van der Waals surface area contributed by atoms with Crippen molar-refractivity contribution in [2.45, 2.75) is 6.42 Å². The Hall–Kier alpha value is -3.07. The van der Waals surface area contributed by atoms with Gasteiger partial charge < -0.3 is 10.2 Å². The summed E-state index contributed by atoms with van der Waals surface area (Å²) in [6, 6.07) is 10.8. The van der Waals surface area contributed by atoms with E-state index in [1.807, 2.05) is 4.72 Å². The molecular formula is C16H14N2O6S. The number of amides is 1. The van der Waals surface area contributed by atoms with Crippen molar-refractivity contribution in [3.63, 3.8) is 0 Å². The summed E-state index contributed by atoms with van der Waals surface area (Å²) in [4.78, 5) is 22.5. The predicted molar refractivity (Wildman–Crippen MR) is 88.7 cm³/mol. The summed E-state index contributed by atoms with van der Waals surface area (Å²) in [5.74, 6) is -2.05. The monoisotopic (exact) mass is 362 g/mol. The topological polar surface area (TPSA) is 124 Å². The molecule has 0 aromatic heterocycles. The second-order valence-corrected chi connectivity index (χ2v) is 7.09. The molecule has 25 heavy (non-hydrogen) atoms. The van der Waals surface area contributed by atoms with Gasteiger partial charge in [0.15, 0.2) is 0 Å². The van der Waals surface area contributed by atoms with E-state index >= 15 is 0 Å². The van der Waals surface area contributed by atoms with Crippen LogP contribution in [0.1, 0.15) is 21.5 Å². The molecule has 3 N–H and O–H groups in total. The van der Waals surface area contributed by atoms with Crippen LogP contribution in [0, 0.1) is 0 Å². The van der Waals surface area contributed by atoms with Gasteiger partial charge in [0.1, 0.15) is 12.3 Å². The minimum absolute atomic E-state index is 0.0198. The Morgan fingerprint density at radius 2 is 1.92 bits per heavy atom. The fraction of sp³-hybridized carbons (Fsp3) is 0.125. The molecule has 1 fully saturated rings. The molecule has 0 radical (unpaired) electrons. The fourth-order valence-electron chi connectivity index (χ4n) is 2.65. The molecule has 0 aliphatic carbocycles. The number of anilines is 1. The van der Waals surface area contributed by atoms with E-state index in [9.17, 15) is 28.2 Å². The van der Waals surface area contributed by atoms with Gasteiger partial charge in [0.05, 0.1) is 11.3 Å². The van der Waals surface area contributed by atoms with Gasteiger partial charge in [-0.15, -0.1) is 0 Å². The number of phenols is 1. The summed E-state index contributed by atoms with van der Waals surface area (Å²) >= 11 is 0. The van der Waals surface area contributed by atoms with Crippen LogP contribution in [0.2, 0.25) is 0 Å². The molecule has 1 heterocycles. The summed E-state index contributed by atoms with van der Waals surface area (Å²) in [5.41, 5.74) is 1.30. The molecule has 1 aliphatic rings. The number of nitrogens with zero attached hydrogens (tertiary/aromatic N) is 1. The van der Waals surface area contributed by atoms with Gasteiger partial charge in [0.25, 0.3) is 5.91 Å². The van der Waals surface area contributed by atoms with Crippen LogP contribution >= 0.6 is 0 Å². The maximum absolute atomic E-state index is 11.8. The smallest absolute Gasteiger partial charge is 0.335 e. The van der Waals surface area contributed by atoms with E-state index in [2.05, 4.69) is 0 Å². The van der Waals surface area contributed by atoms with Crippen LogP contribution in [-0.4, -0.2) is 37.1 Å². The first-order valence-corrected chi connectivity index (χ1v) is 8.68. The molecule has 1 aliphatic heterocycles. The molecule has 2 aromatic carbocycles. The van der Waals surface area contributed by atoms with Crippen molar-refractivity contribution in [2.24, 2.45) is 0 Å². The van der Waals surface area contributed by atoms with E-state index < -0.39 is 28.6 Å². The molecule has 3 rings (SSSR count). The maximum atomic E-state index is 11.8. The Balaban J connectivity index is 1.91. The Morgan fingerprint density at radius 1 is 1.20 bits per heavy atom. The first kappa shape index (κ1) is 16.8. The molecule has 1 amide bonds. The summed E-state index contributed by atoms with van der Waals surface area (Å²) < 4.78 is 26.3. The number of carboxylic acids is 1. The standard InChI is InChI=1S/C16H14N2O6S/c19-14-8-10(7-11-3-1-2-4-12(11)16(21)22)5-6-13(14)18-9-15(20)17-25(18,23)24/h1-6,8,19H,7,9H2,(H,17,20)(H,21,22). The molecule has 1 saturated heterocycles. The van der Waals surface area contributed by atoms with Crippen molar-refractivity contribution in [2.75, 3.05) is 10.8 Å². The van der Waals surface area contributed by atoms with E-state index in [0.717, 1.165) is 4.31 Å². The van der Waals surface area contributed by atoms with Gasteiger partial charge in [-0.2, -0.15) is 8.42 Å². The first-order chi connectivity index (χ1) is 11.8. The number of phenolic OH excluding ortho intramolecular Hbond substituents is 1. The Morgan fingerprint density at radius 3 is 2.52 bits per heavy atom. The summed E-state index contributed by atoms with van der Waals surface area (Å²) in [7, 11) is -4.01. The highest BCUT2D eigenvalue weighted by molar-refractivity contribution is 7.92. The second kappa shape index (κ2) is 6.10. The second-order valence-electron chi connectivity index (χ2n) is 5.50. The van der Waals surface area contributed by atoms with Gasteiger partial charge in [0.2, 0.25) is 0 Å². The van der Waals surface area contributed by atoms with E-state index in [1.165, 1.54) is 18.2 Å². The zero-order chi connectivity index (χ0) is 18.2. The number of nitrogens with one attached hydrogen (secondary N) is 1. The average molecular weight is 362 g/mol. The van der Waals surface area contributed by atoms with Crippen molar-refractivity contribution in [3.8, 4) is 5.75 Å². The number of aromatic hydroxyl groups is 1. The van der Waals surface area contributed by atoms with Gasteiger partial charge in [-0.1, -0.05) is 24.3 Å². The average Bonchev–Trinajstić information content (AvgIpc) is 2.80. The number of benzene rings is 2. The summed E-state index contributed by atoms with van der Waals surface area (Å²) in [5, 5.41) is 19.4. The van der Waals surface area contributed by atoms with Gasteiger partial charge in [-0.05, 0) is 35.7 Å². The van der Waals surface area contributed by atoms with Crippen LogP contribution in [0.15, 0.2) is 42.5 Å². The van der Waals surface area contributed by atoms with Crippen LogP contribution < -0.4 is 9.03 Å². The molecule has 130 valence electrons. The molecule has 0 saturated carbocycles. The number of aromatic carboxylic acids is 1. The van der Waals surface area contributed by atoms with E-state index in [4.69, 9.17) is 0 Å². The van der Waals surface area contributed by atoms with E-state index in [1.54, 1.807) is 24.3 Å². The molecule has 0 spiro atoms. The Kier molecular flexibility index (Phi) is 4.09. The largest absolute Gasteiger partial charge is 0.506 e. The van der Waals surface area contributed by atoms with Gasteiger partial charge >= 0.3 is 16.2 Å². The summed E-state index contributed by atoms with van der Waals surface area (Å²) in [6.07, 6.45) is 0.250. The molecular weight excluding hydrogens is 348 g/mol. The zero-order valence-corrected chi connectivity index (χ0v) is 13.7. The van der Waals surface area contributed by atoms with Crippen LogP contribution in [0.3, 0.4) is 0 Å². The van der Waals surface area contributed by atoms with Crippen molar-refractivity contribution >= 4 is 27.8 Å². The highest BCUT2D eigenvalue weighted by atomic mass is 32.2. The van der Waals surface area contributed by atoms with Crippen molar-refractivity contribution < 1.29 is 28.2 Å². The molecule has 0 unspecified atom stereocenters. The van der Waals surface area contributed by atoms with Crippen LogP contribution in [-0.2, 0) is 21.4 Å². The minimum atomic E-state index is -4.01. The number of hydrogen-bond acceptors (Lipinski definition) is 5. The first-order valence-electron chi connectivity index (χ1n) is 7.24. The van der Waals surface area contributed by atoms with Crippen LogP contribution in [0.5, 0.6) is 5.75 Å². The number of carboxylic acid groups (broad SMARTS) is 1. The molecule has 2 aromatic rings. The molecule has 8 nitrogen and oxygen atoms in total. The fourth-order valence-corrected chi connectivity index (χ4v) is 3.82. The van der Waals surface area contributed by atoms with E-state index in [0.29, 0.717) is 11.1 Å². The van der Waals surface area contributed by atoms with Gasteiger partial charge in [-0.3, -0.25) is 4.79 Å². The van der Waals surface area contributed by atoms with Crippen molar-refractivity contribution in [1.82, 2.24) is 4.72 Å². The lowest BCUT2D eigenvalue weighted by molar-refractivity contribution is -0.117. The van der Waals surface area contributed by atoms with E-state index in [-0.39, 0.29) is 23.4 Å². The van der Waals surface area contributed by atoms with Crippen molar-refractivity contribution in [3.05, 3.63) is 59.2 Å². The van der Waals surface area contributed by atoms with Crippen LogP contribution in [0.25, 0.3) is 0 Å². The van der Waals surface area contributed by atoms with Crippen LogP contribution in [0.4, 0.5) is 5.69 Å². The molecule has 9 heteroatoms. The third kappa shape index (κ3) is 3.26. The Bertz CT molecular complexity index is 970. The lowest BCUT2D eigenvalue weighted by atomic mass is 9.99. The van der Waals surface area contributed by atoms with Crippen molar-refractivity contribution in [1.29, 1.82) is 0 Å². The number of carbonyl (C=O) groups is 2. The maximum Gasteiger partial charge on any atom is 0.335 e. The summed E-state index contributed by atoms with van der Waals surface area (Å²) in [6.45, 7) is -0.406. The molecule has 0 bridgehead atoms. The predicted octanol–water partition coefficient (Wildman–Crippen LogP) is 0.862. The number of carbonyl (C=O) groups excluding carboxylic acids is 1. The third-order valence-electron chi connectivity index (χ3n) is 3.77. The quantitative estimate of drug-likeness (QED) is 0.741. The third-order valence-corrected chi connectivity index (χ3v) is 5.16. The van der Waals surface area contributed by atoms with Gasteiger partial charge in [-0.25, -0.2) is 13.8 Å². The zero-order valence-electron chi connectivity index (χ0n) is 12.8.